The maximum absolute atomic E-state index is 14.0. The molecule has 1 aliphatic heterocycles. The van der Waals surface area contributed by atoms with Gasteiger partial charge in [0.2, 0.25) is 15.6 Å². The summed E-state index contributed by atoms with van der Waals surface area (Å²) >= 11 is 5.81. The molecule has 1 amide bonds. The normalized spacial score (nSPS) is 19.4. The first-order chi connectivity index (χ1) is 13.0. The summed E-state index contributed by atoms with van der Waals surface area (Å²) in [6.07, 6.45) is -6.19. The predicted molar refractivity (Wildman–Crippen MR) is 95.6 cm³/mol. The summed E-state index contributed by atoms with van der Waals surface area (Å²) < 4.78 is 73.3. The van der Waals surface area contributed by atoms with Crippen LogP contribution in [0.3, 0.4) is 0 Å². The Labute approximate surface area is 162 Å². The third-order valence-corrected chi connectivity index (χ3v) is 5.52. The summed E-state index contributed by atoms with van der Waals surface area (Å²) in [5.74, 6) is -1.03. The molecule has 0 saturated heterocycles. The number of rotatable bonds is 5. The number of nitrogens with one attached hydrogen (secondary N) is 2. The Balaban J connectivity index is 1.96. The molecule has 1 aliphatic rings. The minimum Gasteiger partial charge on any atom is -0.428 e. The molecular formula is C16H13ClF3N3O4S. The first kappa shape index (κ1) is 20.2. The Morgan fingerprint density at radius 2 is 2.00 bits per heavy atom. The van der Waals surface area contributed by atoms with Crippen molar-refractivity contribution >= 4 is 39.2 Å². The standard InChI is InChI=1S/C16H13ClF3N3O4S/c17-10-4-5-12-11(9-10)15(16(18,19)20,27-14(24)22-12)6-8-28(25,26)23-13-3-1-2-7-21-13/h1-5,7,9H,6,8H2,(H,21,23)(H,22,24). The van der Waals surface area contributed by atoms with Crippen LogP contribution in [0.4, 0.5) is 29.5 Å². The van der Waals surface area contributed by atoms with E-state index in [-0.39, 0.29) is 16.5 Å². The number of benzene rings is 1. The first-order valence-electron chi connectivity index (χ1n) is 7.81. The quantitative estimate of drug-likeness (QED) is 0.742. The summed E-state index contributed by atoms with van der Waals surface area (Å²) in [6, 6.07) is 7.88. The van der Waals surface area contributed by atoms with E-state index in [2.05, 4.69) is 19.8 Å². The lowest BCUT2D eigenvalue weighted by Crippen LogP contribution is -2.51. The van der Waals surface area contributed by atoms with Crippen molar-refractivity contribution in [3.05, 3.63) is 53.2 Å². The molecule has 12 heteroatoms. The molecule has 2 heterocycles. The van der Waals surface area contributed by atoms with Gasteiger partial charge in [0.05, 0.1) is 11.4 Å². The summed E-state index contributed by atoms with van der Waals surface area (Å²) in [5.41, 5.74) is -3.80. The van der Waals surface area contributed by atoms with E-state index in [0.717, 1.165) is 6.07 Å². The molecule has 7 nitrogen and oxygen atoms in total. The number of aromatic nitrogens is 1. The van der Waals surface area contributed by atoms with Crippen LogP contribution in [0, 0.1) is 0 Å². The van der Waals surface area contributed by atoms with Crippen LogP contribution in [0.15, 0.2) is 42.6 Å². The Kier molecular flexibility index (Phi) is 5.15. The number of halogens is 4. The van der Waals surface area contributed by atoms with Crippen molar-refractivity contribution in [2.75, 3.05) is 15.8 Å². The van der Waals surface area contributed by atoms with Gasteiger partial charge in [-0.1, -0.05) is 17.7 Å². The van der Waals surface area contributed by atoms with Crippen molar-refractivity contribution < 1.29 is 31.1 Å². The maximum Gasteiger partial charge on any atom is 0.432 e. The third kappa shape index (κ3) is 3.99. The molecule has 150 valence electrons. The fourth-order valence-corrected chi connectivity index (χ4v) is 4.03. The summed E-state index contributed by atoms with van der Waals surface area (Å²) in [4.78, 5) is 15.5. The van der Waals surface area contributed by atoms with E-state index in [4.69, 9.17) is 11.6 Å². The highest BCUT2D eigenvalue weighted by atomic mass is 35.5. The van der Waals surface area contributed by atoms with E-state index in [1.165, 1.54) is 30.5 Å². The van der Waals surface area contributed by atoms with Gasteiger partial charge in [-0.05, 0) is 30.3 Å². The number of carbonyl (C=O) groups is 1. The van der Waals surface area contributed by atoms with Gasteiger partial charge >= 0.3 is 12.3 Å². The zero-order valence-electron chi connectivity index (χ0n) is 14.0. The molecule has 1 unspecified atom stereocenters. The second-order valence-corrected chi connectivity index (χ2v) is 8.19. The number of fused-ring (bicyclic) bond motifs is 1. The van der Waals surface area contributed by atoms with Crippen LogP contribution < -0.4 is 10.0 Å². The fraction of sp³-hybridized carbons (Fsp3) is 0.250. The molecule has 0 bridgehead atoms. The van der Waals surface area contributed by atoms with Crippen LogP contribution >= 0.6 is 11.6 Å². The number of alkyl halides is 3. The molecule has 0 aliphatic carbocycles. The van der Waals surface area contributed by atoms with E-state index < -0.39 is 45.6 Å². The van der Waals surface area contributed by atoms with Crippen molar-refractivity contribution in [1.82, 2.24) is 4.98 Å². The number of carbonyl (C=O) groups excluding carboxylic acids is 1. The second-order valence-electron chi connectivity index (χ2n) is 5.92. The lowest BCUT2D eigenvalue weighted by molar-refractivity contribution is -0.265. The average Bonchev–Trinajstić information content (AvgIpc) is 2.59. The SMILES string of the molecule is O=C1Nc2ccc(Cl)cc2C(CCS(=O)(=O)Nc2ccccn2)(C(F)(F)F)O1. The van der Waals surface area contributed by atoms with Gasteiger partial charge in [-0.2, -0.15) is 13.2 Å². The lowest BCUT2D eigenvalue weighted by atomic mass is 9.87. The van der Waals surface area contributed by atoms with Gasteiger partial charge in [-0.25, -0.2) is 18.2 Å². The van der Waals surface area contributed by atoms with Crippen LogP contribution in [0.2, 0.25) is 5.02 Å². The van der Waals surface area contributed by atoms with Crippen LogP contribution in [0.5, 0.6) is 0 Å². The van der Waals surface area contributed by atoms with Crippen molar-refractivity contribution in [2.24, 2.45) is 0 Å². The van der Waals surface area contributed by atoms with Crippen LogP contribution in [0.1, 0.15) is 12.0 Å². The number of hydrogen-bond acceptors (Lipinski definition) is 5. The smallest absolute Gasteiger partial charge is 0.428 e. The highest BCUT2D eigenvalue weighted by Gasteiger charge is 2.62. The number of ether oxygens (including phenoxy) is 1. The second kappa shape index (κ2) is 7.13. The number of anilines is 2. The van der Waals surface area contributed by atoms with E-state index in [9.17, 15) is 26.4 Å². The highest BCUT2D eigenvalue weighted by molar-refractivity contribution is 7.92. The molecule has 0 spiro atoms. The van der Waals surface area contributed by atoms with Gasteiger partial charge in [-0.15, -0.1) is 0 Å². The zero-order valence-corrected chi connectivity index (χ0v) is 15.5. The molecule has 28 heavy (non-hydrogen) atoms. The molecule has 0 saturated carbocycles. The van der Waals surface area contributed by atoms with E-state index >= 15 is 0 Å². The van der Waals surface area contributed by atoms with Gasteiger partial charge in [-0.3, -0.25) is 10.0 Å². The summed E-state index contributed by atoms with van der Waals surface area (Å²) in [5, 5.41) is 2.13. The van der Waals surface area contributed by atoms with Crippen molar-refractivity contribution in [2.45, 2.75) is 18.2 Å². The summed E-state index contributed by atoms with van der Waals surface area (Å²) in [6.45, 7) is 0. The van der Waals surface area contributed by atoms with Gasteiger partial charge in [0.25, 0.3) is 0 Å². The zero-order chi connectivity index (χ0) is 20.6. The largest absolute Gasteiger partial charge is 0.432 e. The van der Waals surface area contributed by atoms with Crippen molar-refractivity contribution in [1.29, 1.82) is 0 Å². The van der Waals surface area contributed by atoms with Gasteiger partial charge < -0.3 is 4.74 Å². The minimum absolute atomic E-state index is 0.0263. The molecular weight excluding hydrogens is 423 g/mol. The monoisotopic (exact) mass is 435 g/mol. The third-order valence-electron chi connectivity index (χ3n) is 4.03. The molecule has 1 aromatic carbocycles. The lowest BCUT2D eigenvalue weighted by Gasteiger charge is -2.39. The van der Waals surface area contributed by atoms with Crippen molar-refractivity contribution in [3.63, 3.8) is 0 Å². The number of sulfonamides is 1. The topological polar surface area (TPSA) is 97.4 Å². The van der Waals surface area contributed by atoms with E-state index in [1.54, 1.807) is 6.07 Å². The number of nitrogens with zero attached hydrogens (tertiary/aromatic N) is 1. The van der Waals surface area contributed by atoms with Crippen LogP contribution in [-0.2, 0) is 20.4 Å². The first-order valence-corrected chi connectivity index (χ1v) is 9.84. The summed E-state index contributed by atoms with van der Waals surface area (Å²) in [7, 11) is -4.22. The molecule has 0 fully saturated rings. The Morgan fingerprint density at radius 1 is 1.25 bits per heavy atom. The molecule has 2 aromatic rings. The van der Waals surface area contributed by atoms with Gasteiger partial charge in [0.15, 0.2) is 0 Å². The number of amides is 1. The molecule has 3 rings (SSSR count). The number of pyridine rings is 1. The maximum atomic E-state index is 14.0. The average molecular weight is 436 g/mol. The molecule has 2 N–H and O–H groups in total. The van der Waals surface area contributed by atoms with Crippen LogP contribution in [-0.4, -0.2) is 31.4 Å². The van der Waals surface area contributed by atoms with E-state index in [1.807, 2.05) is 0 Å². The number of hydrogen-bond donors (Lipinski definition) is 2. The Bertz CT molecular complexity index is 1000. The molecule has 1 aromatic heterocycles. The molecule has 1 atom stereocenters. The highest BCUT2D eigenvalue weighted by Crippen LogP contribution is 2.50. The van der Waals surface area contributed by atoms with E-state index in [0.29, 0.717) is 0 Å². The fourth-order valence-electron chi connectivity index (χ4n) is 2.76. The number of cyclic esters (lactones) is 1. The molecule has 0 radical (unpaired) electrons. The van der Waals surface area contributed by atoms with Crippen LogP contribution in [0.25, 0.3) is 0 Å². The predicted octanol–water partition coefficient (Wildman–Crippen LogP) is 3.89. The van der Waals surface area contributed by atoms with Crippen molar-refractivity contribution in [3.8, 4) is 0 Å². The van der Waals surface area contributed by atoms with Gasteiger partial charge in [0.1, 0.15) is 5.82 Å². The Morgan fingerprint density at radius 3 is 2.64 bits per heavy atom. The Hall–Kier alpha value is -2.53. The van der Waals surface area contributed by atoms with Gasteiger partial charge in [0, 0.05) is 23.2 Å². The minimum atomic E-state index is -5.09.